The Kier molecular flexibility index (Phi) is 5.03. The molecule has 0 aromatic heterocycles. The number of Topliss-reactive ketones (excluding diaryl/α,β-unsaturated/α-hetero) is 1. The molecule has 0 saturated carbocycles. The van der Waals surface area contributed by atoms with E-state index in [-0.39, 0.29) is 12.2 Å². The number of aliphatic hydroxyl groups is 1. The molecule has 0 saturated heterocycles. The summed E-state index contributed by atoms with van der Waals surface area (Å²) in [5.74, 6) is -0.388. The van der Waals surface area contributed by atoms with Crippen molar-refractivity contribution in [3.05, 3.63) is 42.0 Å². The van der Waals surface area contributed by atoms with Crippen molar-refractivity contribution in [2.75, 3.05) is 0 Å². The van der Waals surface area contributed by atoms with Crippen LogP contribution >= 0.6 is 7.82 Å². The number of phosphoric acid groups is 1. The average Bonchev–Trinajstić information content (AvgIpc) is 2.28. The molecule has 0 amide bonds. The van der Waals surface area contributed by atoms with Crippen LogP contribution in [-0.4, -0.2) is 26.8 Å². The second-order valence-corrected chi connectivity index (χ2v) is 5.28. The molecule has 0 fully saturated rings. The van der Waals surface area contributed by atoms with Gasteiger partial charge in [0.25, 0.3) is 0 Å². The van der Waals surface area contributed by atoms with Crippen LogP contribution in [0.3, 0.4) is 0 Å². The van der Waals surface area contributed by atoms with E-state index in [0.717, 1.165) is 0 Å². The number of carbonyl (C=O) groups excluding carboxylic acids is 1. The minimum atomic E-state index is -4.58. The van der Waals surface area contributed by atoms with Gasteiger partial charge in [-0.3, -0.25) is 14.6 Å². The lowest BCUT2D eigenvalue weighted by Gasteiger charge is -2.10. The molecule has 0 spiro atoms. The fraction of sp³-hybridized carbons (Fsp3) is 0.250. The number of carbonyl (C=O) groups is 1. The van der Waals surface area contributed by atoms with Crippen LogP contribution in [-0.2, 0) is 15.8 Å². The Hall–Kier alpha value is -1.46. The summed E-state index contributed by atoms with van der Waals surface area (Å²) in [6.45, 7) is 5.05. The predicted octanol–water partition coefficient (Wildman–Crippen LogP) is 1.21. The Labute approximate surface area is 110 Å². The van der Waals surface area contributed by atoms with Gasteiger partial charge in [0.1, 0.15) is 11.9 Å². The fourth-order valence-corrected chi connectivity index (χ4v) is 1.77. The maximum Gasteiger partial charge on any atom is 0.524 e. The van der Waals surface area contributed by atoms with Gasteiger partial charge in [-0.05, 0) is 30.2 Å². The van der Waals surface area contributed by atoms with Crippen molar-refractivity contribution in [1.29, 1.82) is 0 Å². The maximum atomic E-state index is 11.6. The van der Waals surface area contributed by atoms with Gasteiger partial charge in [0.15, 0.2) is 5.78 Å². The standard InChI is InChI=1S/C12H15O6P/c1-8(2)12(14)11(13)7-9-3-5-10(6-4-9)18-19(15,16)17/h3-6,12,14H,1,7H2,2H3,(H2,15,16,17). The monoisotopic (exact) mass is 286 g/mol. The molecular weight excluding hydrogens is 271 g/mol. The number of hydrogen-bond acceptors (Lipinski definition) is 4. The summed E-state index contributed by atoms with van der Waals surface area (Å²) in [6, 6.07) is 5.67. The van der Waals surface area contributed by atoms with Gasteiger partial charge in [-0.25, -0.2) is 4.57 Å². The highest BCUT2D eigenvalue weighted by molar-refractivity contribution is 7.46. The Balaban J connectivity index is 2.70. The van der Waals surface area contributed by atoms with Gasteiger partial charge in [-0.2, -0.15) is 0 Å². The molecule has 0 aliphatic heterocycles. The van der Waals surface area contributed by atoms with E-state index in [2.05, 4.69) is 11.1 Å². The van der Waals surface area contributed by atoms with E-state index in [9.17, 15) is 14.5 Å². The molecule has 1 unspecified atom stereocenters. The molecule has 1 atom stereocenters. The number of rotatable bonds is 6. The van der Waals surface area contributed by atoms with E-state index in [4.69, 9.17) is 9.79 Å². The molecule has 0 radical (unpaired) electrons. The second kappa shape index (κ2) is 6.12. The smallest absolute Gasteiger partial charge is 0.404 e. The molecule has 0 bridgehead atoms. The summed E-state index contributed by atoms with van der Waals surface area (Å²) in [5.41, 5.74) is 0.967. The molecule has 0 heterocycles. The van der Waals surface area contributed by atoms with Crippen LogP contribution in [0.5, 0.6) is 5.75 Å². The van der Waals surface area contributed by atoms with Crippen molar-refractivity contribution in [2.45, 2.75) is 19.4 Å². The zero-order valence-electron chi connectivity index (χ0n) is 10.3. The van der Waals surface area contributed by atoms with Crippen LogP contribution in [0.2, 0.25) is 0 Å². The van der Waals surface area contributed by atoms with Crippen LogP contribution in [0.25, 0.3) is 0 Å². The molecule has 1 aromatic rings. The van der Waals surface area contributed by atoms with Gasteiger partial charge >= 0.3 is 7.82 Å². The Morgan fingerprint density at radius 1 is 1.37 bits per heavy atom. The third-order valence-corrected chi connectivity index (χ3v) is 2.75. The summed E-state index contributed by atoms with van der Waals surface area (Å²) in [7, 11) is -4.58. The van der Waals surface area contributed by atoms with Crippen molar-refractivity contribution in [3.8, 4) is 5.75 Å². The van der Waals surface area contributed by atoms with Crippen molar-refractivity contribution in [3.63, 3.8) is 0 Å². The van der Waals surface area contributed by atoms with Gasteiger partial charge in [0.05, 0.1) is 0 Å². The first-order chi connectivity index (χ1) is 8.69. The minimum absolute atomic E-state index is 0.00418. The van der Waals surface area contributed by atoms with Crippen molar-refractivity contribution in [2.24, 2.45) is 0 Å². The van der Waals surface area contributed by atoms with E-state index in [1.165, 1.54) is 24.3 Å². The fourth-order valence-electron chi connectivity index (χ4n) is 1.38. The number of aliphatic hydroxyl groups excluding tert-OH is 1. The van der Waals surface area contributed by atoms with E-state index >= 15 is 0 Å². The zero-order chi connectivity index (χ0) is 14.6. The molecule has 6 nitrogen and oxygen atoms in total. The average molecular weight is 286 g/mol. The van der Waals surface area contributed by atoms with Crippen molar-refractivity contribution < 1.29 is 28.8 Å². The molecule has 1 aromatic carbocycles. The first-order valence-electron chi connectivity index (χ1n) is 5.39. The van der Waals surface area contributed by atoms with E-state index < -0.39 is 19.7 Å². The summed E-state index contributed by atoms with van der Waals surface area (Å²) in [6.07, 6.45) is -1.20. The quantitative estimate of drug-likeness (QED) is 0.536. The van der Waals surface area contributed by atoms with Gasteiger partial charge in [0.2, 0.25) is 0 Å². The minimum Gasteiger partial charge on any atom is -0.404 e. The van der Waals surface area contributed by atoms with Crippen molar-refractivity contribution >= 4 is 13.6 Å². The third-order valence-electron chi connectivity index (χ3n) is 2.30. The van der Waals surface area contributed by atoms with Gasteiger partial charge < -0.3 is 9.63 Å². The van der Waals surface area contributed by atoms with Gasteiger partial charge in [0, 0.05) is 6.42 Å². The van der Waals surface area contributed by atoms with Crippen LogP contribution in [0.15, 0.2) is 36.4 Å². The Morgan fingerprint density at radius 3 is 2.32 bits per heavy atom. The normalized spacial score (nSPS) is 12.8. The van der Waals surface area contributed by atoms with Crippen LogP contribution < -0.4 is 4.52 Å². The van der Waals surface area contributed by atoms with Crippen LogP contribution in [0.4, 0.5) is 0 Å². The highest BCUT2D eigenvalue weighted by atomic mass is 31.2. The Morgan fingerprint density at radius 2 is 1.89 bits per heavy atom. The first-order valence-corrected chi connectivity index (χ1v) is 6.92. The number of phosphoric ester groups is 1. The molecule has 1 rings (SSSR count). The van der Waals surface area contributed by atoms with E-state index in [1.807, 2.05) is 0 Å². The van der Waals surface area contributed by atoms with Gasteiger partial charge in [-0.1, -0.05) is 18.7 Å². The van der Waals surface area contributed by atoms with Crippen LogP contribution in [0.1, 0.15) is 12.5 Å². The SMILES string of the molecule is C=C(C)C(O)C(=O)Cc1ccc(OP(=O)(O)O)cc1. The molecule has 3 N–H and O–H groups in total. The molecule has 104 valence electrons. The highest BCUT2D eigenvalue weighted by Gasteiger charge is 2.17. The molecule has 7 heteroatoms. The number of hydrogen-bond donors (Lipinski definition) is 3. The molecule has 0 aliphatic rings. The summed E-state index contributed by atoms with van der Waals surface area (Å²) in [4.78, 5) is 28.8. The largest absolute Gasteiger partial charge is 0.524 e. The van der Waals surface area contributed by atoms with Crippen LogP contribution in [0, 0.1) is 0 Å². The number of ketones is 1. The van der Waals surface area contributed by atoms with E-state index in [0.29, 0.717) is 11.1 Å². The molecular formula is C12H15O6P. The highest BCUT2D eigenvalue weighted by Crippen LogP contribution is 2.37. The third kappa shape index (κ3) is 5.36. The lowest BCUT2D eigenvalue weighted by Crippen LogP contribution is -2.22. The summed E-state index contributed by atoms with van der Waals surface area (Å²) in [5, 5.41) is 9.49. The lowest BCUT2D eigenvalue weighted by atomic mass is 10.0. The lowest BCUT2D eigenvalue weighted by molar-refractivity contribution is -0.124. The molecule has 0 aliphatic carbocycles. The molecule has 19 heavy (non-hydrogen) atoms. The first kappa shape index (κ1) is 15.6. The Bertz CT molecular complexity index is 516. The second-order valence-electron chi connectivity index (χ2n) is 4.12. The summed E-state index contributed by atoms with van der Waals surface area (Å²) < 4.78 is 15.0. The van der Waals surface area contributed by atoms with E-state index in [1.54, 1.807) is 6.92 Å². The van der Waals surface area contributed by atoms with Gasteiger partial charge in [-0.15, -0.1) is 0 Å². The topological polar surface area (TPSA) is 104 Å². The predicted molar refractivity (Wildman–Crippen MR) is 68.6 cm³/mol. The zero-order valence-corrected chi connectivity index (χ0v) is 11.2. The van der Waals surface area contributed by atoms with Crippen molar-refractivity contribution in [1.82, 2.24) is 0 Å². The summed E-state index contributed by atoms with van der Waals surface area (Å²) >= 11 is 0. The number of benzene rings is 1. The maximum absolute atomic E-state index is 11.6.